The Bertz CT molecular complexity index is 1510. The van der Waals surface area contributed by atoms with E-state index in [-0.39, 0.29) is 34.9 Å². The Morgan fingerprint density at radius 3 is 2.52 bits per heavy atom. The number of aromatic nitrogens is 4. The van der Waals surface area contributed by atoms with E-state index < -0.39 is 11.2 Å². The molecule has 0 aliphatic carbocycles. The quantitative estimate of drug-likeness (QED) is 0.420. The van der Waals surface area contributed by atoms with Crippen molar-refractivity contribution in [2.45, 2.75) is 17.5 Å². The van der Waals surface area contributed by atoms with E-state index in [2.05, 4.69) is 4.98 Å². The number of imidazole rings is 1. The highest BCUT2D eigenvalue weighted by Gasteiger charge is 2.33. The SMILES string of the molecule is Cn1c(=O)c2c(nc(Cl)n2CC(=O)N2c3ccccc3SCC2c2ccccc2)n(C)c1=O. The van der Waals surface area contributed by atoms with Gasteiger partial charge in [0, 0.05) is 24.7 Å². The van der Waals surface area contributed by atoms with Crippen LogP contribution in [0.3, 0.4) is 0 Å². The first kappa shape index (κ1) is 21.5. The third kappa shape index (κ3) is 3.48. The van der Waals surface area contributed by atoms with Crippen molar-refractivity contribution in [2.75, 3.05) is 10.7 Å². The highest BCUT2D eigenvalue weighted by atomic mass is 35.5. The summed E-state index contributed by atoms with van der Waals surface area (Å²) in [7, 11) is 2.91. The normalized spacial score (nSPS) is 15.6. The van der Waals surface area contributed by atoms with E-state index in [1.54, 1.807) is 16.7 Å². The average Bonchev–Trinajstić information content (AvgIpc) is 3.17. The fourth-order valence-electron chi connectivity index (χ4n) is 4.19. The van der Waals surface area contributed by atoms with Crippen LogP contribution in [0.4, 0.5) is 5.69 Å². The molecule has 8 nitrogen and oxygen atoms in total. The third-order valence-corrected chi connectivity index (χ3v) is 7.31. The second kappa shape index (κ2) is 8.24. The maximum atomic E-state index is 13.8. The number of carbonyl (C=O) groups excluding carboxylic acids is 1. The molecular formula is C23H20ClN5O3S. The molecule has 0 N–H and O–H groups in total. The summed E-state index contributed by atoms with van der Waals surface area (Å²) in [4.78, 5) is 45.9. The molecule has 1 atom stereocenters. The number of benzene rings is 2. The first-order valence-corrected chi connectivity index (χ1v) is 11.7. The monoisotopic (exact) mass is 481 g/mol. The lowest BCUT2D eigenvalue weighted by atomic mass is 10.1. The molecule has 0 saturated carbocycles. The molecule has 1 aliphatic heterocycles. The van der Waals surface area contributed by atoms with E-state index >= 15 is 0 Å². The Morgan fingerprint density at radius 1 is 1.06 bits per heavy atom. The van der Waals surface area contributed by atoms with Crippen molar-refractivity contribution < 1.29 is 4.79 Å². The Labute approximate surface area is 198 Å². The molecule has 10 heteroatoms. The number of thioether (sulfide) groups is 1. The summed E-state index contributed by atoms with van der Waals surface area (Å²) in [5.74, 6) is 0.468. The second-order valence-corrected chi connectivity index (χ2v) is 9.21. The molecule has 0 bridgehead atoms. The molecule has 1 aliphatic rings. The lowest BCUT2D eigenvalue weighted by Gasteiger charge is -2.37. The van der Waals surface area contributed by atoms with Gasteiger partial charge in [0.1, 0.15) is 6.54 Å². The van der Waals surface area contributed by atoms with E-state index in [0.717, 1.165) is 20.7 Å². The number of anilines is 1. The highest BCUT2D eigenvalue weighted by molar-refractivity contribution is 7.99. The minimum absolute atomic E-state index is 0.0208. The van der Waals surface area contributed by atoms with Gasteiger partial charge in [-0.2, -0.15) is 4.98 Å². The van der Waals surface area contributed by atoms with Gasteiger partial charge in [-0.15, -0.1) is 11.8 Å². The number of nitrogens with zero attached hydrogens (tertiary/aromatic N) is 5. The van der Waals surface area contributed by atoms with Crippen molar-refractivity contribution in [2.24, 2.45) is 14.1 Å². The van der Waals surface area contributed by atoms with Crippen LogP contribution < -0.4 is 16.1 Å². The van der Waals surface area contributed by atoms with E-state index in [9.17, 15) is 14.4 Å². The molecule has 2 aromatic carbocycles. The maximum Gasteiger partial charge on any atom is 0.332 e. The Kier molecular flexibility index (Phi) is 5.38. The van der Waals surface area contributed by atoms with Crippen molar-refractivity contribution >= 4 is 46.1 Å². The number of halogens is 1. The third-order valence-electron chi connectivity index (χ3n) is 5.88. The summed E-state index contributed by atoms with van der Waals surface area (Å²) >= 11 is 8.07. The second-order valence-electron chi connectivity index (χ2n) is 7.81. The molecule has 0 saturated heterocycles. The van der Waals surface area contributed by atoms with Gasteiger partial charge < -0.3 is 4.90 Å². The van der Waals surface area contributed by atoms with E-state index in [1.165, 1.54) is 23.2 Å². The van der Waals surface area contributed by atoms with Gasteiger partial charge in [0.15, 0.2) is 11.2 Å². The van der Waals surface area contributed by atoms with Crippen molar-refractivity contribution in [1.29, 1.82) is 0 Å². The average molecular weight is 482 g/mol. The molecular weight excluding hydrogens is 462 g/mol. The number of carbonyl (C=O) groups is 1. The van der Waals surface area contributed by atoms with Gasteiger partial charge in [0.25, 0.3) is 5.56 Å². The molecule has 2 aromatic heterocycles. The number of amides is 1. The van der Waals surface area contributed by atoms with Crippen molar-refractivity contribution in [3.8, 4) is 0 Å². The van der Waals surface area contributed by atoms with Gasteiger partial charge in [0.2, 0.25) is 11.2 Å². The van der Waals surface area contributed by atoms with Crippen molar-refractivity contribution in [3.05, 3.63) is 86.3 Å². The van der Waals surface area contributed by atoms with Crippen LogP contribution in [-0.2, 0) is 25.4 Å². The zero-order valence-electron chi connectivity index (χ0n) is 17.9. The Balaban J connectivity index is 1.63. The standard InChI is InChI=1S/C23H20ClN5O3S/c1-26-20-19(21(31)27(2)23(26)32)28(22(24)25-20)12-18(30)29-15-10-6-7-11-17(15)33-13-16(29)14-8-4-3-5-9-14/h3-11,16H,12-13H2,1-2H3. The highest BCUT2D eigenvalue weighted by Crippen LogP contribution is 2.43. The van der Waals surface area contributed by atoms with Crippen LogP contribution in [0.5, 0.6) is 0 Å². The fourth-order valence-corrected chi connectivity index (χ4v) is 5.59. The number of aryl methyl sites for hydroxylation is 1. The smallest absolute Gasteiger partial charge is 0.301 e. The predicted molar refractivity (Wildman–Crippen MR) is 129 cm³/mol. The first-order chi connectivity index (χ1) is 15.9. The lowest BCUT2D eigenvalue weighted by molar-refractivity contribution is -0.119. The Morgan fingerprint density at radius 2 is 1.76 bits per heavy atom. The van der Waals surface area contributed by atoms with Crippen LogP contribution in [0.25, 0.3) is 11.2 Å². The molecule has 0 radical (unpaired) electrons. The van der Waals surface area contributed by atoms with E-state index in [0.29, 0.717) is 5.75 Å². The van der Waals surface area contributed by atoms with Crippen LogP contribution in [0.15, 0.2) is 69.1 Å². The minimum atomic E-state index is -0.547. The molecule has 0 fully saturated rings. The maximum absolute atomic E-state index is 13.8. The fraction of sp³-hybridized carbons (Fsp3) is 0.217. The first-order valence-electron chi connectivity index (χ1n) is 10.3. The Hall–Kier alpha value is -3.30. The van der Waals surface area contributed by atoms with E-state index in [4.69, 9.17) is 11.6 Å². The zero-order valence-corrected chi connectivity index (χ0v) is 19.5. The molecule has 0 spiro atoms. The van der Waals surface area contributed by atoms with Gasteiger partial charge in [-0.25, -0.2) is 4.79 Å². The number of para-hydroxylation sites is 1. The van der Waals surface area contributed by atoms with E-state index in [1.807, 2.05) is 54.6 Å². The molecule has 33 heavy (non-hydrogen) atoms. The van der Waals surface area contributed by atoms with Gasteiger partial charge in [0.05, 0.1) is 11.7 Å². The minimum Gasteiger partial charge on any atom is -0.301 e. The summed E-state index contributed by atoms with van der Waals surface area (Å²) in [6.07, 6.45) is 0. The largest absolute Gasteiger partial charge is 0.332 e. The molecule has 168 valence electrons. The van der Waals surface area contributed by atoms with Crippen LogP contribution in [0, 0.1) is 0 Å². The van der Waals surface area contributed by atoms with Crippen molar-refractivity contribution in [3.63, 3.8) is 0 Å². The zero-order chi connectivity index (χ0) is 23.3. The van der Waals surface area contributed by atoms with Gasteiger partial charge in [-0.1, -0.05) is 42.5 Å². The molecule has 1 unspecified atom stereocenters. The van der Waals surface area contributed by atoms with Gasteiger partial charge >= 0.3 is 5.69 Å². The number of rotatable bonds is 3. The summed E-state index contributed by atoms with van der Waals surface area (Å²) in [6.45, 7) is -0.189. The summed E-state index contributed by atoms with van der Waals surface area (Å²) in [5, 5.41) is -0.0208. The van der Waals surface area contributed by atoms with Crippen LogP contribution in [0.1, 0.15) is 11.6 Å². The molecule has 4 aromatic rings. The topological polar surface area (TPSA) is 82.1 Å². The molecule has 1 amide bonds. The van der Waals surface area contributed by atoms with Gasteiger partial charge in [-0.05, 0) is 29.3 Å². The van der Waals surface area contributed by atoms with Crippen LogP contribution >= 0.6 is 23.4 Å². The van der Waals surface area contributed by atoms with Crippen LogP contribution in [-0.4, -0.2) is 30.3 Å². The lowest BCUT2D eigenvalue weighted by Crippen LogP contribution is -2.41. The summed E-state index contributed by atoms with van der Waals surface area (Å²) in [6, 6.07) is 17.4. The summed E-state index contributed by atoms with van der Waals surface area (Å²) < 4.78 is 3.62. The van der Waals surface area contributed by atoms with Crippen LogP contribution in [0.2, 0.25) is 5.28 Å². The number of hydrogen-bond donors (Lipinski definition) is 0. The predicted octanol–water partition coefficient (Wildman–Crippen LogP) is 2.97. The van der Waals surface area contributed by atoms with Gasteiger partial charge in [-0.3, -0.25) is 23.3 Å². The van der Waals surface area contributed by atoms with Crippen molar-refractivity contribution in [1.82, 2.24) is 18.7 Å². The number of hydrogen-bond acceptors (Lipinski definition) is 5. The number of fused-ring (bicyclic) bond motifs is 2. The molecule has 3 heterocycles. The molecule has 5 rings (SSSR count). The summed E-state index contributed by atoms with van der Waals surface area (Å²) in [5.41, 5.74) is 1.05.